The van der Waals surface area contributed by atoms with Gasteiger partial charge in [-0.15, -0.1) is 0 Å². The van der Waals surface area contributed by atoms with E-state index in [0.29, 0.717) is 19.5 Å². The molecule has 24 heavy (non-hydrogen) atoms. The molecule has 1 saturated heterocycles. The van der Waals surface area contributed by atoms with Crippen molar-refractivity contribution in [1.29, 1.82) is 0 Å². The second kappa shape index (κ2) is 7.04. The van der Waals surface area contributed by atoms with E-state index in [0.717, 1.165) is 24.3 Å². The Balaban J connectivity index is 1.58. The lowest BCUT2D eigenvalue weighted by Gasteiger charge is -2.36. The van der Waals surface area contributed by atoms with Gasteiger partial charge in [0.1, 0.15) is 5.82 Å². The third-order valence-electron chi connectivity index (χ3n) is 4.66. The number of benzene rings is 2. The molecule has 0 aliphatic carbocycles. The lowest BCUT2D eigenvalue weighted by molar-refractivity contribution is -0.130. The van der Waals surface area contributed by atoms with Gasteiger partial charge in [-0.1, -0.05) is 23.8 Å². The molecule has 126 valence electrons. The van der Waals surface area contributed by atoms with E-state index in [1.54, 1.807) is 12.1 Å². The number of nitrogens with zero attached hydrogens (tertiary/aromatic N) is 2. The lowest BCUT2D eigenvalue weighted by atomic mass is 10.0. The quantitative estimate of drug-likeness (QED) is 0.864. The number of hydrogen-bond acceptors (Lipinski definition) is 2. The number of rotatable bonds is 3. The van der Waals surface area contributed by atoms with Gasteiger partial charge in [-0.2, -0.15) is 0 Å². The molecule has 2 aromatic rings. The van der Waals surface area contributed by atoms with Gasteiger partial charge in [-0.05, 0) is 49.2 Å². The van der Waals surface area contributed by atoms with Crippen molar-refractivity contribution >= 4 is 11.6 Å². The zero-order valence-electron chi connectivity index (χ0n) is 14.3. The van der Waals surface area contributed by atoms with Crippen molar-refractivity contribution in [3.8, 4) is 0 Å². The van der Waals surface area contributed by atoms with Crippen LogP contribution in [0.25, 0.3) is 0 Å². The maximum Gasteiger partial charge on any atom is 0.227 e. The van der Waals surface area contributed by atoms with E-state index in [4.69, 9.17) is 0 Å². The molecule has 1 fully saturated rings. The van der Waals surface area contributed by atoms with Gasteiger partial charge in [0, 0.05) is 31.9 Å². The molecule has 0 saturated carbocycles. The molecule has 0 unspecified atom stereocenters. The lowest BCUT2D eigenvalue weighted by Crippen LogP contribution is -2.49. The number of hydrogen-bond donors (Lipinski definition) is 0. The molecule has 0 bridgehead atoms. The van der Waals surface area contributed by atoms with Crippen molar-refractivity contribution < 1.29 is 9.18 Å². The van der Waals surface area contributed by atoms with E-state index >= 15 is 0 Å². The van der Waals surface area contributed by atoms with Gasteiger partial charge in [0.05, 0.1) is 6.42 Å². The predicted octanol–water partition coefficient (Wildman–Crippen LogP) is 3.33. The molecule has 3 nitrogen and oxygen atoms in total. The first kappa shape index (κ1) is 16.5. The first-order chi connectivity index (χ1) is 11.5. The normalized spacial score (nSPS) is 14.8. The molecule has 1 aliphatic rings. The van der Waals surface area contributed by atoms with Crippen molar-refractivity contribution in [2.24, 2.45) is 0 Å². The highest BCUT2D eigenvalue weighted by molar-refractivity contribution is 5.79. The van der Waals surface area contributed by atoms with Crippen LogP contribution >= 0.6 is 0 Å². The maximum absolute atomic E-state index is 13.0. The maximum atomic E-state index is 13.0. The van der Waals surface area contributed by atoms with Crippen LogP contribution in [0.2, 0.25) is 0 Å². The Morgan fingerprint density at radius 1 is 1.00 bits per heavy atom. The summed E-state index contributed by atoms with van der Waals surface area (Å²) in [6, 6.07) is 12.8. The van der Waals surface area contributed by atoms with Gasteiger partial charge in [-0.3, -0.25) is 4.79 Å². The van der Waals surface area contributed by atoms with E-state index in [1.807, 2.05) is 4.90 Å². The molecule has 2 aromatic carbocycles. The second-order valence-electron chi connectivity index (χ2n) is 6.45. The molecule has 0 spiro atoms. The Bertz CT molecular complexity index is 719. The molecule has 0 atom stereocenters. The summed E-state index contributed by atoms with van der Waals surface area (Å²) in [4.78, 5) is 16.7. The summed E-state index contributed by atoms with van der Waals surface area (Å²) in [6.45, 7) is 7.10. The van der Waals surface area contributed by atoms with Crippen LogP contribution in [0, 0.1) is 19.7 Å². The Hall–Kier alpha value is -2.36. The van der Waals surface area contributed by atoms with Gasteiger partial charge in [0.15, 0.2) is 0 Å². The molecule has 1 aliphatic heterocycles. The zero-order chi connectivity index (χ0) is 17.1. The van der Waals surface area contributed by atoms with Gasteiger partial charge in [0.25, 0.3) is 0 Å². The van der Waals surface area contributed by atoms with Gasteiger partial charge in [0.2, 0.25) is 5.91 Å². The average molecular weight is 326 g/mol. The molecule has 3 rings (SSSR count). The van der Waals surface area contributed by atoms with E-state index in [1.165, 1.54) is 23.3 Å². The van der Waals surface area contributed by atoms with Crippen molar-refractivity contribution in [3.63, 3.8) is 0 Å². The van der Waals surface area contributed by atoms with Crippen molar-refractivity contribution in [2.75, 3.05) is 31.1 Å². The van der Waals surface area contributed by atoms with Crippen LogP contribution in [0.1, 0.15) is 16.7 Å². The average Bonchev–Trinajstić information content (AvgIpc) is 2.58. The third-order valence-corrected chi connectivity index (χ3v) is 4.66. The highest BCUT2D eigenvalue weighted by atomic mass is 19.1. The fourth-order valence-corrected chi connectivity index (χ4v) is 3.18. The van der Waals surface area contributed by atoms with E-state index in [9.17, 15) is 9.18 Å². The number of carbonyl (C=O) groups is 1. The first-order valence-electron chi connectivity index (χ1n) is 8.37. The first-order valence-corrected chi connectivity index (χ1v) is 8.37. The van der Waals surface area contributed by atoms with Crippen LogP contribution in [0.5, 0.6) is 0 Å². The Morgan fingerprint density at radius 3 is 2.29 bits per heavy atom. The smallest absolute Gasteiger partial charge is 0.227 e. The van der Waals surface area contributed by atoms with E-state index in [-0.39, 0.29) is 11.7 Å². The summed E-state index contributed by atoms with van der Waals surface area (Å²) in [6.07, 6.45) is 0.461. The Morgan fingerprint density at radius 2 is 1.67 bits per heavy atom. The number of carbonyl (C=O) groups excluding carboxylic acids is 1. The predicted molar refractivity (Wildman–Crippen MR) is 94.8 cm³/mol. The minimum atomic E-state index is -0.221. The molecule has 1 amide bonds. The fourth-order valence-electron chi connectivity index (χ4n) is 3.18. The highest BCUT2D eigenvalue weighted by Crippen LogP contribution is 2.18. The number of anilines is 1. The zero-order valence-corrected chi connectivity index (χ0v) is 14.3. The van der Waals surface area contributed by atoms with Crippen LogP contribution in [-0.4, -0.2) is 37.0 Å². The second-order valence-corrected chi connectivity index (χ2v) is 6.45. The highest BCUT2D eigenvalue weighted by Gasteiger charge is 2.21. The van der Waals surface area contributed by atoms with Crippen LogP contribution < -0.4 is 4.90 Å². The topological polar surface area (TPSA) is 23.6 Å². The van der Waals surface area contributed by atoms with Crippen LogP contribution in [0.3, 0.4) is 0 Å². The summed E-state index contributed by atoms with van der Waals surface area (Å²) in [5, 5.41) is 0. The molecule has 0 radical (unpaired) electrons. The summed E-state index contributed by atoms with van der Waals surface area (Å²) in [5.41, 5.74) is 4.51. The molecule has 0 aromatic heterocycles. The molecule has 0 N–H and O–H groups in total. The standard InChI is InChI=1S/C20H23FN2O/c1-15-3-4-17(16(2)13-15)14-20(24)23-11-9-22(10-12-23)19-7-5-18(21)6-8-19/h3-8,13H,9-12,14H2,1-2H3. The third kappa shape index (κ3) is 3.75. The van der Waals surface area contributed by atoms with Gasteiger partial charge in [-0.25, -0.2) is 4.39 Å². The number of halogens is 1. The number of aryl methyl sites for hydroxylation is 2. The molecular weight excluding hydrogens is 303 g/mol. The molecule has 1 heterocycles. The van der Waals surface area contributed by atoms with E-state index in [2.05, 4.69) is 36.9 Å². The largest absolute Gasteiger partial charge is 0.368 e. The Kier molecular flexibility index (Phi) is 4.84. The summed E-state index contributed by atoms with van der Waals surface area (Å²) < 4.78 is 13.0. The monoisotopic (exact) mass is 326 g/mol. The summed E-state index contributed by atoms with van der Waals surface area (Å²) in [7, 11) is 0. The van der Waals surface area contributed by atoms with Crippen molar-refractivity contribution in [1.82, 2.24) is 4.90 Å². The molecular formula is C20H23FN2O. The van der Waals surface area contributed by atoms with Crippen molar-refractivity contribution in [2.45, 2.75) is 20.3 Å². The number of piperazine rings is 1. The minimum Gasteiger partial charge on any atom is -0.368 e. The van der Waals surface area contributed by atoms with E-state index < -0.39 is 0 Å². The van der Waals surface area contributed by atoms with Crippen LogP contribution in [-0.2, 0) is 11.2 Å². The van der Waals surface area contributed by atoms with Crippen LogP contribution in [0.4, 0.5) is 10.1 Å². The summed E-state index contributed by atoms with van der Waals surface area (Å²) in [5.74, 6) is -0.0401. The number of amides is 1. The van der Waals surface area contributed by atoms with Crippen molar-refractivity contribution in [3.05, 3.63) is 65.0 Å². The molecule has 4 heteroatoms. The summed E-state index contributed by atoms with van der Waals surface area (Å²) >= 11 is 0. The Labute approximate surface area is 142 Å². The minimum absolute atomic E-state index is 0.181. The van der Waals surface area contributed by atoms with Gasteiger partial charge < -0.3 is 9.80 Å². The SMILES string of the molecule is Cc1ccc(CC(=O)N2CCN(c3ccc(F)cc3)CC2)c(C)c1. The van der Waals surface area contributed by atoms with Gasteiger partial charge >= 0.3 is 0 Å². The van der Waals surface area contributed by atoms with Crippen LogP contribution in [0.15, 0.2) is 42.5 Å². The fraction of sp³-hybridized carbons (Fsp3) is 0.350.